The van der Waals surface area contributed by atoms with Crippen molar-refractivity contribution in [1.29, 1.82) is 0 Å². The maximum atomic E-state index is 10.8. The average molecular weight is 250 g/mol. The van der Waals surface area contributed by atoms with Crippen LogP contribution in [0.4, 0.5) is 5.82 Å². The van der Waals surface area contributed by atoms with Crippen LogP contribution in [0, 0.1) is 5.92 Å². The highest BCUT2D eigenvalue weighted by Gasteiger charge is 2.20. The smallest absolute Gasteiger partial charge is 0.354 e. The van der Waals surface area contributed by atoms with Gasteiger partial charge in [0.1, 0.15) is 5.82 Å². The molecule has 0 bridgehead atoms. The van der Waals surface area contributed by atoms with Crippen molar-refractivity contribution in [2.24, 2.45) is 5.92 Å². The number of aromatic nitrogens is 1. The second-order valence-corrected chi connectivity index (χ2v) is 4.60. The summed E-state index contributed by atoms with van der Waals surface area (Å²) in [7, 11) is 0. The third-order valence-electron chi connectivity index (χ3n) is 3.32. The first-order valence-electron chi connectivity index (χ1n) is 6.21. The number of carboxylic acid groups (broad SMARTS) is 1. The lowest BCUT2D eigenvalue weighted by Crippen LogP contribution is -2.31. The van der Waals surface area contributed by atoms with Crippen LogP contribution >= 0.6 is 0 Å². The molecule has 2 rings (SSSR count). The summed E-state index contributed by atoms with van der Waals surface area (Å²) in [6.07, 6.45) is 2.07. The molecule has 1 atom stereocenters. The van der Waals surface area contributed by atoms with E-state index in [4.69, 9.17) is 9.84 Å². The van der Waals surface area contributed by atoms with Gasteiger partial charge < -0.3 is 15.2 Å². The van der Waals surface area contributed by atoms with E-state index in [0.29, 0.717) is 11.7 Å². The van der Waals surface area contributed by atoms with E-state index in [0.717, 1.165) is 26.1 Å². The van der Waals surface area contributed by atoms with Gasteiger partial charge in [-0.25, -0.2) is 9.78 Å². The van der Waals surface area contributed by atoms with E-state index in [2.05, 4.69) is 17.2 Å². The monoisotopic (exact) mass is 250 g/mol. The van der Waals surface area contributed by atoms with Gasteiger partial charge in [-0.2, -0.15) is 0 Å². The number of carboxylic acids is 1. The maximum Gasteiger partial charge on any atom is 0.354 e. The summed E-state index contributed by atoms with van der Waals surface area (Å²) >= 11 is 0. The molecule has 0 amide bonds. The van der Waals surface area contributed by atoms with Gasteiger partial charge in [-0.1, -0.05) is 6.07 Å². The van der Waals surface area contributed by atoms with Crippen molar-refractivity contribution in [2.75, 3.05) is 18.5 Å². The molecule has 0 aromatic carbocycles. The standard InChI is InChI=1S/C13H18N2O3/c1-9(10-5-7-18-8-6-10)14-12-4-2-3-11(15-12)13(16)17/h2-4,9-10H,5-8H2,1H3,(H,14,15)(H,16,17). The lowest BCUT2D eigenvalue weighted by molar-refractivity contribution is 0.0622. The van der Waals surface area contributed by atoms with Gasteiger partial charge in [0.2, 0.25) is 0 Å². The van der Waals surface area contributed by atoms with Crippen LogP contribution in [0.2, 0.25) is 0 Å². The molecule has 1 aromatic rings. The van der Waals surface area contributed by atoms with E-state index in [1.165, 1.54) is 6.07 Å². The molecule has 98 valence electrons. The first-order chi connectivity index (χ1) is 8.66. The second kappa shape index (κ2) is 5.82. The zero-order chi connectivity index (χ0) is 13.0. The average Bonchev–Trinajstić information content (AvgIpc) is 2.40. The number of hydrogen-bond donors (Lipinski definition) is 2. The van der Waals surface area contributed by atoms with Crippen LogP contribution in [-0.4, -0.2) is 35.3 Å². The van der Waals surface area contributed by atoms with Crippen molar-refractivity contribution in [3.05, 3.63) is 23.9 Å². The molecule has 0 aliphatic carbocycles. The summed E-state index contributed by atoms with van der Waals surface area (Å²) in [6.45, 7) is 3.71. The maximum absolute atomic E-state index is 10.8. The number of pyridine rings is 1. The van der Waals surface area contributed by atoms with Crippen LogP contribution in [0.1, 0.15) is 30.3 Å². The second-order valence-electron chi connectivity index (χ2n) is 4.60. The Morgan fingerprint density at radius 3 is 2.89 bits per heavy atom. The van der Waals surface area contributed by atoms with Gasteiger partial charge in [-0.05, 0) is 37.8 Å². The van der Waals surface area contributed by atoms with Gasteiger partial charge in [0.15, 0.2) is 5.69 Å². The molecule has 1 aliphatic rings. The molecular formula is C13H18N2O3. The van der Waals surface area contributed by atoms with Gasteiger partial charge in [-0.3, -0.25) is 0 Å². The van der Waals surface area contributed by atoms with E-state index in [-0.39, 0.29) is 11.7 Å². The van der Waals surface area contributed by atoms with Crippen molar-refractivity contribution in [3.63, 3.8) is 0 Å². The number of nitrogens with zero attached hydrogens (tertiary/aromatic N) is 1. The predicted molar refractivity (Wildman–Crippen MR) is 67.8 cm³/mol. The Morgan fingerprint density at radius 2 is 2.22 bits per heavy atom. The topological polar surface area (TPSA) is 71.5 Å². The number of ether oxygens (including phenoxy) is 1. The molecule has 1 aromatic heterocycles. The van der Waals surface area contributed by atoms with Crippen molar-refractivity contribution in [3.8, 4) is 0 Å². The molecule has 2 heterocycles. The molecule has 5 heteroatoms. The normalized spacial score (nSPS) is 18.3. The first kappa shape index (κ1) is 12.8. The zero-order valence-corrected chi connectivity index (χ0v) is 10.4. The molecule has 5 nitrogen and oxygen atoms in total. The van der Waals surface area contributed by atoms with Crippen LogP contribution in [0.25, 0.3) is 0 Å². The first-order valence-corrected chi connectivity index (χ1v) is 6.21. The van der Waals surface area contributed by atoms with E-state index >= 15 is 0 Å². The molecular weight excluding hydrogens is 232 g/mol. The molecule has 0 spiro atoms. The van der Waals surface area contributed by atoms with Gasteiger partial charge in [0, 0.05) is 19.3 Å². The number of hydrogen-bond acceptors (Lipinski definition) is 4. The number of anilines is 1. The molecule has 1 fully saturated rings. The number of rotatable bonds is 4. The number of nitrogens with one attached hydrogen (secondary N) is 1. The Kier molecular flexibility index (Phi) is 4.15. The Bertz CT molecular complexity index is 416. The van der Waals surface area contributed by atoms with Crippen molar-refractivity contribution in [2.45, 2.75) is 25.8 Å². The van der Waals surface area contributed by atoms with E-state index in [1.807, 2.05) is 0 Å². The highest BCUT2D eigenvalue weighted by Crippen LogP contribution is 2.21. The predicted octanol–water partition coefficient (Wildman–Crippen LogP) is 2.01. The zero-order valence-electron chi connectivity index (χ0n) is 10.4. The van der Waals surface area contributed by atoms with Crippen LogP contribution in [0.5, 0.6) is 0 Å². The minimum absolute atomic E-state index is 0.0687. The Morgan fingerprint density at radius 1 is 1.50 bits per heavy atom. The third kappa shape index (κ3) is 3.20. The number of carbonyl (C=O) groups is 1. The van der Waals surface area contributed by atoms with Crippen LogP contribution in [-0.2, 0) is 4.74 Å². The van der Waals surface area contributed by atoms with Gasteiger partial charge >= 0.3 is 5.97 Å². The highest BCUT2D eigenvalue weighted by molar-refractivity contribution is 5.85. The summed E-state index contributed by atoms with van der Waals surface area (Å²) in [4.78, 5) is 14.9. The fourth-order valence-corrected chi connectivity index (χ4v) is 2.20. The van der Waals surface area contributed by atoms with Crippen LogP contribution < -0.4 is 5.32 Å². The van der Waals surface area contributed by atoms with Crippen molar-refractivity contribution >= 4 is 11.8 Å². The molecule has 1 unspecified atom stereocenters. The molecule has 2 N–H and O–H groups in total. The molecule has 0 radical (unpaired) electrons. The minimum atomic E-state index is -1.00. The lowest BCUT2D eigenvalue weighted by Gasteiger charge is -2.28. The lowest BCUT2D eigenvalue weighted by atomic mass is 9.93. The summed E-state index contributed by atoms with van der Waals surface area (Å²) in [6, 6.07) is 5.26. The SMILES string of the molecule is CC(Nc1cccc(C(=O)O)n1)C1CCOCC1. The van der Waals surface area contributed by atoms with Gasteiger partial charge in [0.25, 0.3) is 0 Å². The van der Waals surface area contributed by atoms with E-state index in [1.54, 1.807) is 12.1 Å². The van der Waals surface area contributed by atoms with Crippen molar-refractivity contribution in [1.82, 2.24) is 4.98 Å². The molecule has 0 saturated carbocycles. The Labute approximate surface area is 106 Å². The molecule has 1 aliphatic heterocycles. The fraction of sp³-hybridized carbons (Fsp3) is 0.538. The third-order valence-corrected chi connectivity index (χ3v) is 3.32. The largest absolute Gasteiger partial charge is 0.477 e. The van der Waals surface area contributed by atoms with E-state index in [9.17, 15) is 4.79 Å². The van der Waals surface area contributed by atoms with Gasteiger partial charge in [-0.15, -0.1) is 0 Å². The number of aromatic carboxylic acids is 1. The van der Waals surface area contributed by atoms with Crippen LogP contribution in [0.3, 0.4) is 0 Å². The van der Waals surface area contributed by atoms with Crippen LogP contribution in [0.15, 0.2) is 18.2 Å². The highest BCUT2D eigenvalue weighted by atomic mass is 16.5. The minimum Gasteiger partial charge on any atom is -0.477 e. The van der Waals surface area contributed by atoms with E-state index < -0.39 is 5.97 Å². The summed E-state index contributed by atoms with van der Waals surface area (Å²) in [5.41, 5.74) is 0.0687. The fourth-order valence-electron chi connectivity index (χ4n) is 2.20. The summed E-state index contributed by atoms with van der Waals surface area (Å²) < 4.78 is 5.33. The summed E-state index contributed by atoms with van der Waals surface area (Å²) in [5.74, 6) is 0.167. The molecule has 18 heavy (non-hydrogen) atoms. The Hall–Kier alpha value is -1.62. The molecule has 1 saturated heterocycles. The van der Waals surface area contributed by atoms with Gasteiger partial charge in [0.05, 0.1) is 0 Å². The Balaban J connectivity index is 1.99. The van der Waals surface area contributed by atoms with Crippen molar-refractivity contribution < 1.29 is 14.6 Å². The summed E-state index contributed by atoms with van der Waals surface area (Å²) in [5, 5.41) is 12.2. The quantitative estimate of drug-likeness (QED) is 0.855.